The van der Waals surface area contributed by atoms with Crippen molar-refractivity contribution in [3.05, 3.63) is 75.5 Å². The second-order valence-electron chi connectivity index (χ2n) is 5.86. The van der Waals surface area contributed by atoms with Gasteiger partial charge in [-0.3, -0.25) is 9.89 Å². The average molecular weight is 388 g/mol. The summed E-state index contributed by atoms with van der Waals surface area (Å²) in [5, 5.41) is 7.58. The van der Waals surface area contributed by atoms with Crippen LogP contribution in [0, 0.1) is 11.6 Å². The van der Waals surface area contributed by atoms with Gasteiger partial charge in [-0.05, 0) is 18.2 Å². The third kappa shape index (κ3) is 2.96. The van der Waals surface area contributed by atoms with Crippen LogP contribution in [0.15, 0.2) is 53.3 Å². The van der Waals surface area contributed by atoms with Crippen molar-refractivity contribution in [3.8, 4) is 22.8 Å². The number of hydrogen-bond donors (Lipinski definition) is 1. The summed E-state index contributed by atoms with van der Waals surface area (Å²) in [4.78, 5) is 12.7. The highest BCUT2D eigenvalue weighted by atomic mass is 35.5. The number of pyridine rings is 1. The predicted octanol–water partition coefficient (Wildman–Crippen LogP) is 4.65. The highest BCUT2D eigenvalue weighted by Gasteiger charge is 2.18. The van der Waals surface area contributed by atoms with E-state index in [0.29, 0.717) is 33.4 Å². The van der Waals surface area contributed by atoms with E-state index in [4.69, 9.17) is 16.3 Å². The molecule has 0 unspecified atom stereocenters. The molecule has 1 N–H and O–H groups in total. The number of aromatic amines is 1. The molecule has 0 aliphatic heterocycles. The van der Waals surface area contributed by atoms with Gasteiger partial charge in [-0.1, -0.05) is 29.8 Å². The zero-order valence-electron chi connectivity index (χ0n) is 14.0. The van der Waals surface area contributed by atoms with Gasteiger partial charge in [0, 0.05) is 24.7 Å². The van der Waals surface area contributed by atoms with Gasteiger partial charge in [0.25, 0.3) is 5.56 Å². The normalized spacial score (nSPS) is 11.1. The van der Waals surface area contributed by atoms with Crippen molar-refractivity contribution in [1.29, 1.82) is 0 Å². The molecule has 2 aromatic carbocycles. The maximum atomic E-state index is 13.8. The van der Waals surface area contributed by atoms with Crippen LogP contribution in [-0.4, -0.2) is 14.8 Å². The molecular formula is C19H12ClF2N3O2. The summed E-state index contributed by atoms with van der Waals surface area (Å²) in [6.45, 7) is 0. The summed E-state index contributed by atoms with van der Waals surface area (Å²) in [6.07, 6.45) is 0. The smallest absolute Gasteiger partial charge is 0.293 e. The lowest BCUT2D eigenvalue weighted by Crippen LogP contribution is -2.18. The lowest BCUT2D eigenvalue weighted by atomic mass is 10.1. The number of ether oxygens (including phenoxy) is 1. The quantitative estimate of drug-likeness (QED) is 0.556. The third-order valence-corrected chi connectivity index (χ3v) is 4.47. The van der Waals surface area contributed by atoms with E-state index in [1.54, 1.807) is 25.2 Å². The Kier molecular flexibility index (Phi) is 4.16. The van der Waals surface area contributed by atoms with Crippen LogP contribution < -0.4 is 10.3 Å². The van der Waals surface area contributed by atoms with Crippen molar-refractivity contribution in [1.82, 2.24) is 14.8 Å². The van der Waals surface area contributed by atoms with Crippen LogP contribution in [-0.2, 0) is 7.05 Å². The summed E-state index contributed by atoms with van der Waals surface area (Å²) in [5.41, 5.74) is 1.71. The van der Waals surface area contributed by atoms with Crippen molar-refractivity contribution >= 4 is 22.6 Å². The van der Waals surface area contributed by atoms with Gasteiger partial charge in [0.05, 0.1) is 16.1 Å². The van der Waals surface area contributed by atoms with Gasteiger partial charge < -0.3 is 9.30 Å². The molecule has 2 aromatic heterocycles. The molecule has 27 heavy (non-hydrogen) atoms. The van der Waals surface area contributed by atoms with Crippen molar-refractivity contribution < 1.29 is 13.5 Å². The molecule has 0 bridgehead atoms. The maximum Gasteiger partial charge on any atom is 0.293 e. The number of fused-ring (bicyclic) bond motifs is 1. The highest BCUT2D eigenvalue weighted by Crippen LogP contribution is 2.32. The lowest BCUT2D eigenvalue weighted by Gasteiger charge is -2.09. The number of halogens is 3. The van der Waals surface area contributed by atoms with Crippen LogP contribution in [0.25, 0.3) is 22.3 Å². The number of nitrogens with one attached hydrogen (secondary N) is 1. The van der Waals surface area contributed by atoms with Gasteiger partial charge in [0.2, 0.25) is 0 Å². The lowest BCUT2D eigenvalue weighted by molar-refractivity contribution is 0.430. The van der Waals surface area contributed by atoms with Crippen LogP contribution in [0.3, 0.4) is 0 Å². The number of aromatic nitrogens is 3. The van der Waals surface area contributed by atoms with Crippen molar-refractivity contribution in [2.75, 3.05) is 0 Å². The molecule has 0 radical (unpaired) electrons. The highest BCUT2D eigenvalue weighted by molar-refractivity contribution is 6.33. The molecule has 0 aliphatic carbocycles. The maximum absolute atomic E-state index is 13.8. The molecular weight excluding hydrogens is 376 g/mol. The fourth-order valence-electron chi connectivity index (χ4n) is 2.84. The summed E-state index contributed by atoms with van der Waals surface area (Å²) in [5.74, 6) is -2.01. The van der Waals surface area contributed by atoms with E-state index in [2.05, 4.69) is 10.2 Å². The van der Waals surface area contributed by atoms with Crippen molar-refractivity contribution in [2.45, 2.75) is 0 Å². The molecule has 136 valence electrons. The first kappa shape index (κ1) is 17.2. The monoisotopic (exact) mass is 387 g/mol. The van der Waals surface area contributed by atoms with Crippen LogP contribution >= 0.6 is 11.6 Å². The Balaban J connectivity index is 1.86. The fourth-order valence-corrected chi connectivity index (χ4v) is 3.07. The average Bonchev–Trinajstić information content (AvgIpc) is 3.05. The minimum atomic E-state index is -0.904. The van der Waals surface area contributed by atoms with Gasteiger partial charge in [0.15, 0.2) is 17.3 Å². The van der Waals surface area contributed by atoms with Crippen LogP contribution in [0.2, 0.25) is 5.02 Å². The number of aryl methyl sites for hydroxylation is 1. The Morgan fingerprint density at radius 3 is 2.63 bits per heavy atom. The third-order valence-electron chi connectivity index (χ3n) is 4.14. The molecule has 0 fully saturated rings. The molecule has 2 heterocycles. The summed E-state index contributed by atoms with van der Waals surface area (Å²) >= 11 is 6.24. The van der Waals surface area contributed by atoms with Gasteiger partial charge in [-0.2, -0.15) is 5.10 Å². The standard InChI is InChI=1S/C19H12ClF2N3O2/c1-25-18-14(23-24-17(18)11-4-2-3-5-12(11)20)9-16(19(25)26)27-15-7-6-10(21)8-13(15)22/h2-9H,1H3,(H,23,24). The van der Waals surface area contributed by atoms with E-state index < -0.39 is 17.2 Å². The van der Waals surface area contributed by atoms with Gasteiger partial charge in [-0.25, -0.2) is 8.78 Å². The van der Waals surface area contributed by atoms with Crippen molar-refractivity contribution in [3.63, 3.8) is 0 Å². The van der Waals surface area contributed by atoms with E-state index in [1.807, 2.05) is 6.07 Å². The zero-order valence-corrected chi connectivity index (χ0v) is 14.7. The molecule has 0 saturated carbocycles. The number of benzene rings is 2. The minimum absolute atomic E-state index is 0.120. The molecule has 0 aliphatic rings. The molecule has 4 aromatic rings. The predicted molar refractivity (Wildman–Crippen MR) is 98.2 cm³/mol. The second kappa shape index (κ2) is 6.51. The molecule has 0 saturated heterocycles. The second-order valence-corrected chi connectivity index (χ2v) is 6.27. The first-order valence-electron chi connectivity index (χ1n) is 7.91. The van der Waals surface area contributed by atoms with Gasteiger partial charge in [0.1, 0.15) is 11.5 Å². The molecule has 4 rings (SSSR count). The summed E-state index contributed by atoms with van der Waals surface area (Å²) < 4.78 is 33.6. The van der Waals surface area contributed by atoms with E-state index in [0.717, 1.165) is 12.1 Å². The number of rotatable bonds is 3. The van der Waals surface area contributed by atoms with Gasteiger partial charge >= 0.3 is 0 Å². The largest absolute Gasteiger partial charge is 0.448 e. The van der Waals surface area contributed by atoms with E-state index in [1.165, 1.54) is 10.6 Å². The molecule has 0 amide bonds. The van der Waals surface area contributed by atoms with Crippen LogP contribution in [0.4, 0.5) is 8.78 Å². The first-order chi connectivity index (χ1) is 13.0. The summed E-state index contributed by atoms with van der Waals surface area (Å²) in [6, 6.07) is 11.4. The SMILES string of the molecule is Cn1c(=O)c(Oc2ccc(F)cc2F)cc2[nH]nc(-c3ccccc3Cl)c21. The minimum Gasteiger partial charge on any atom is -0.448 e. The topological polar surface area (TPSA) is 59.9 Å². The Bertz CT molecular complexity index is 1230. The Hall–Kier alpha value is -3.19. The molecule has 0 atom stereocenters. The first-order valence-corrected chi connectivity index (χ1v) is 8.29. The Morgan fingerprint density at radius 1 is 1.11 bits per heavy atom. The zero-order chi connectivity index (χ0) is 19.1. The van der Waals surface area contributed by atoms with E-state index >= 15 is 0 Å². The fraction of sp³-hybridized carbons (Fsp3) is 0.0526. The summed E-state index contributed by atoms with van der Waals surface area (Å²) in [7, 11) is 1.55. The van der Waals surface area contributed by atoms with Crippen molar-refractivity contribution in [2.24, 2.45) is 7.05 Å². The number of H-pyrrole nitrogens is 1. The van der Waals surface area contributed by atoms with Gasteiger partial charge in [-0.15, -0.1) is 0 Å². The van der Waals surface area contributed by atoms with E-state index in [9.17, 15) is 13.6 Å². The number of hydrogen-bond acceptors (Lipinski definition) is 3. The van der Waals surface area contributed by atoms with Crippen LogP contribution in [0.1, 0.15) is 0 Å². The molecule has 0 spiro atoms. The van der Waals surface area contributed by atoms with E-state index in [-0.39, 0.29) is 11.5 Å². The molecule has 8 heteroatoms. The Morgan fingerprint density at radius 2 is 1.89 bits per heavy atom. The Labute approximate surface area is 156 Å². The number of nitrogens with zero attached hydrogens (tertiary/aromatic N) is 2. The van der Waals surface area contributed by atoms with Crippen LogP contribution in [0.5, 0.6) is 11.5 Å². The molecule has 5 nitrogen and oxygen atoms in total.